The molecular weight excluding hydrogens is 234 g/mol. The van der Waals surface area contributed by atoms with Crippen molar-refractivity contribution in [3.8, 4) is 0 Å². The molecule has 2 atom stereocenters. The minimum atomic E-state index is -1.07. The van der Waals surface area contributed by atoms with Gasteiger partial charge in [-0.1, -0.05) is 30.3 Å². The number of hydrogen-bond acceptors (Lipinski definition) is 3. The van der Waals surface area contributed by atoms with E-state index in [1.165, 1.54) is 6.92 Å². The number of benzene rings is 1. The SMILES string of the molecule is CC(OCc1ccccc1)C(=O)N[C@H](C)C(=O)O. The Kier molecular flexibility index (Phi) is 5.32. The molecule has 0 radical (unpaired) electrons. The van der Waals surface area contributed by atoms with Crippen LogP contribution >= 0.6 is 0 Å². The normalized spacial score (nSPS) is 13.7. The molecule has 5 nitrogen and oxygen atoms in total. The highest BCUT2D eigenvalue weighted by atomic mass is 16.5. The lowest BCUT2D eigenvalue weighted by Crippen LogP contribution is -2.43. The Labute approximate surface area is 106 Å². The second kappa shape index (κ2) is 6.76. The molecule has 1 amide bonds. The van der Waals surface area contributed by atoms with Gasteiger partial charge in [0.15, 0.2) is 0 Å². The summed E-state index contributed by atoms with van der Waals surface area (Å²) in [6.45, 7) is 3.31. The maximum Gasteiger partial charge on any atom is 0.325 e. The highest BCUT2D eigenvalue weighted by Gasteiger charge is 2.19. The molecule has 0 spiro atoms. The number of carboxylic acids is 1. The van der Waals surface area contributed by atoms with Crippen LogP contribution in [0, 0.1) is 0 Å². The fraction of sp³-hybridized carbons (Fsp3) is 0.385. The van der Waals surface area contributed by atoms with Gasteiger partial charge in [0.1, 0.15) is 12.1 Å². The predicted octanol–water partition coefficient (Wildman–Crippen LogP) is 1.18. The molecule has 0 heterocycles. The number of rotatable bonds is 6. The van der Waals surface area contributed by atoms with E-state index in [4.69, 9.17) is 9.84 Å². The average Bonchev–Trinajstić information content (AvgIpc) is 2.36. The molecule has 0 aliphatic rings. The summed E-state index contributed by atoms with van der Waals surface area (Å²) in [4.78, 5) is 22.2. The van der Waals surface area contributed by atoms with Crippen LogP contribution in [0.4, 0.5) is 0 Å². The van der Waals surface area contributed by atoms with Gasteiger partial charge in [0, 0.05) is 0 Å². The van der Waals surface area contributed by atoms with Crippen molar-refractivity contribution < 1.29 is 19.4 Å². The third-order valence-electron chi connectivity index (χ3n) is 2.44. The smallest absolute Gasteiger partial charge is 0.325 e. The topological polar surface area (TPSA) is 75.6 Å². The standard InChI is InChI=1S/C13H17NO4/c1-9(13(16)17)14-12(15)10(2)18-8-11-6-4-3-5-7-11/h3-7,9-10H,8H2,1-2H3,(H,14,15)(H,16,17)/t9-,10?/m1/s1. The highest BCUT2D eigenvalue weighted by Crippen LogP contribution is 2.03. The number of nitrogens with one attached hydrogen (secondary N) is 1. The minimum absolute atomic E-state index is 0.316. The number of carbonyl (C=O) groups is 2. The fourth-order valence-electron chi connectivity index (χ4n) is 1.26. The minimum Gasteiger partial charge on any atom is -0.480 e. The Balaban J connectivity index is 2.39. The van der Waals surface area contributed by atoms with E-state index in [-0.39, 0.29) is 0 Å². The third kappa shape index (κ3) is 4.55. The van der Waals surface area contributed by atoms with Crippen molar-refractivity contribution in [1.29, 1.82) is 0 Å². The lowest BCUT2D eigenvalue weighted by Gasteiger charge is -2.15. The van der Waals surface area contributed by atoms with E-state index in [1.807, 2.05) is 30.3 Å². The molecule has 0 aliphatic carbocycles. The maximum absolute atomic E-state index is 11.6. The third-order valence-corrected chi connectivity index (χ3v) is 2.44. The summed E-state index contributed by atoms with van der Waals surface area (Å²) in [5.41, 5.74) is 0.962. The van der Waals surface area contributed by atoms with Gasteiger partial charge in [-0.2, -0.15) is 0 Å². The highest BCUT2D eigenvalue weighted by molar-refractivity contribution is 5.85. The monoisotopic (exact) mass is 251 g/mol. The van der Waals surface area contributed by atoms with Crippen LogP contribution in [0.15, 0.2) is 30.3 Å². The Bertz CT molecular complexity index is 405. The first kappa shape index (κ1) is 14.2. The molecule has 0 saturated carbocycles. The first-order valence-corrected chi connectivity index (χ1v) is 5.69. The van der Waals surface area contributed by atoms with Crippen LogP contribution in [0.3, 0.4) is 0 Å². The number of carboxylic acid groups (broad SMARTS) is 1. The number of ether oxygens (including phenoxy) is 1. The van der Waals surface area contributed by atoms with Gasteiger partial charge >= 0.3 is 5.97 Å². The Hall–Kier alpha value is -1.88. The van der Waals surface area contributed by atoms with Gasteiger partial charge < -0.3 is 15.2 Å². The number of hydrogen-bond donors (Lipinski definition) is 2. The van der Waals surface area contributed by atoms with Gasteiger partial charge in [0.25, 0.3) is 0 Å². The van der Waals surface area contributed by atoms with Crippen molar-refractivity contribution in [3.05, 3.63) is 35.9 Å². The number of aliphatic carboxylic acids is 1. The van der Waals surface area contributed by atoms with Gasteiger partial charge in [-0.05, 0) is 19.4 Å². The molecule has 0 bridgehead atoms. The molecule has 5 heteroatoms. The van der Waals surface area contributed by atoms with E-state index in [2.05, 4.69) is 5.32 Å². The number of carbonyl (C=O) groups excluding carboxylic acids is 1. The summed E-state index contributed by atoms with van der Waals surface area (Å²) < 4.78 is 5.37. The Morgan fingerprint density at radius 3 is 2.44 bits per heavy atom. The van der Waals surface area contributed by atoms with Crippen molar-refractivity contribution in [2.45, 2.75) is 32.6 Å². The van der Waals surface area contributed by atoms with Gasteiger partial charge in [-0.3, -0.25) is 9.59 Å². The predicted molar refractivity (Wildman–Crippen MR) is 65.9 cm³/mol. The molecule has 18 heavy (non-hydrogen) atoms. The largest absolute Gasteiger partial charge is 0.480 e. The molecule has 0 aromatic heterocycles. The number of amides is 1. The average molecular weight is 251 g/mol. The van der Waals surface area contributed by atoms with Gasteiger partial charge in [0.2, 0.25) is 5.91 Å². The molecule has 0 fully saturated rings. The molecule has 1 aromatic rings. The lowest BCUT2D eigenvalue weighted by molar-refractivity contribution is -0.143. The summed E-state index contributed by atoms with van der Waals surface area (Å²) in [7, 11) is 0. The Morgan fingerprint density at radius 1 is 1.28 bits per heavy atom. The first-order valence-electron chi connectivity index (χ1n) is 5.69. The maximum atomic E-state index is 11.6. The molecule has 1 unspecified atom stereocenters. The van der Waals surface area contributed by atoms with Crippen LogP contribution in [0.5, 0.6) is 0 Å². The first-order chi connectivity index (χ1) is 8.50. The van der Waals surface area contributed by atoms with E-state index in [9.17, 15) is 9.59 Å². The van der Waals surface area contributed by atoms with Crippen molar-refractivity contribution in [2.75, 3.05) is 0 Å². The molecule has 2 N–H and O–H groups in total. The van der Waals surface area contributed by atoms with Crippen molar-refractivity contribution >= 4 is 11.9 Å². The van der Waals surface area contributed by atoms with Crippen LogP contribution in [-0.4, -0.2) is 29.1 Å². The van der Waals surface area contributed by atoms with Crippen LogP contribution in [-0.2, 0) is 20.9 Å². The molecular formula is C13H17NO4. The van der Waals surface area contributed by atoms with Crippen LogP contribution in [0.25, 0.3) is 0 Å². The van der Waals surface area contributed by atoms with Crippen molar-refractivity contribution in [1.82, 2.24) is 5.32 Å². The van der Waals surface area contributed by atoms with Crippen LogP contribution < -0.4 is 5.32 Å². The summed E-state index contributed by atoms with van der Waals surface area (Å²) >= 11 is 0. The second-order valence-electron chi connectivity index (χ2n) is 4.01. The van der Waals surface area contributed by atoms with Crippen LogP contribution in [0.1, 0.15) is 19.4 Å². The van der Waals surface area contributed by atoms with Gasteiger partial charge in [-0.15, -0.1) is 0 Å². The van der Waals surface area contributed by atoms with Crippen molar-refractivity contribution in [3.63, 3.8) is 0 Å². The van der Waals surface area contributed by atoms with E-state index in [0.717, 1.165) is 5.56 Å². The quantitative estimate of drug-likeness (QED) is 0.796. The van der Waals surface area contributed by atoms with E-state index < -0.39 is 24.0 Å². The van der Waals surface area contributed by atoms with E-state index in [0.29, 0.717) is 6.61 Å². The Morgan fingerprint density at radius 2 is 1.89 bits per heavy atom. The van der Waals surface area contributed by atoms with Gasteiger partial charge in [-0.25, -0.2) is 0 Å². The fourth-order valence-corrected chi connectivity index (χ4v) is 1.26. The molecule has 0 aliphatic heterocycles. The zero-order chi connectivity index (χ0) is 13.5. The van der Waals surface area contributed by atoms with E-state index >= 15 is 0 Å². The summed E-state index contributed by atoms with van der Waals surface area (Å²) in [5, 5.41) is 11.0. The lowest BCUT2D eigenvalue weighted by atomic mass is 10.2. The van der Waals surface area contributed by atoms with E-state index in [1.54, 1.807) is 6.92 Å². The second-order valence-corrected chi connectivity index (χ2v) is 4.01. The molecule has 1 rings (SSSR count). The van der Waals surface area contributed by atoms with Gasteiger partial charge in [0.05, 0.1) is 6.61 Å². The zero-order valence-electron chi connectivity index (χ0n) is 10.4. The molecule has 1 aromatic carbocycles. The summed E-state index contributed by atoms with van der Waals surface area (Å²) in [6.07, 6.45) is -0.688. The summed E-state index contributed by atoms with van der Waals surface area (Å²) in [6, 6.07) is 8.54. The molecule has 98 valence electrons. The van der Waals surface area contributed by atoms with Crippen LogP contribution in [0.2, 0.25) is 0 Å². The zero-order valence-corrected chi connectivity index (χ0v) is 10.4. The molecule has 0 saturated heterocycles. The summed E-state index contributed by atoms with van der Waals surface area (Å²) in [5.74, 6) is -1.50. The van der Waals surface area contributed by atoms with Crippen molar-refractivity contribution in [2.24, 2.45) is 0 Å².